The fourth-order valence-corrected chi connectivity index (χ4v) is 3.14. The van der Waals surface area contributed by atoms with Crippen LogP contribution >= 0.6 is 0 Å². The first-order valence-electron chi connectivity index (χ1n) is 8.83. The molecule has 1 unspecified atom stereocenters. The highest BCUT2D eigenvalue weighted by Crippen LogP contribution is 2.26. The molecule has 0 saturated carbocycles. The van der Waals surface area contributed by atoms with Gasteiger partial charge in [0.2, 0.25) is 0 Å². The summed E-state index contributed by atoms with van der Waals surface area (Å²) in [5.41, 5.74) is 3.36. The summed E-state index contributed by atoms with van der Waals surface area (Å²) in [6.07, 6.45) is 0.232. The molecule has 2 aromatic rings. The van der Waals surface area contributed by atoms with Gasteiger partial charge < -0.3 is 0 Å². The summed E-state index contributed by atoms with van der Waals surface area (Å²) in [6.45, 7) is 8.17. The molecule has 1 aliphatic rings. The number of nitrogens with zero attached hydrogens (tertiary/aromatic N) is 2. The lowest BCUT2D eigenvalue weighted by Crippen LogP contribution is -2.33. The van der Waals surface area contributed by atoms with Gasteiger partial charge in [-0.3, -0.25) is 9.59 Å². The van der Waals surface area contributed by atoms with Crippen LogP contribution in [0.4, 0.5) is 5.69 Å². The molecular formula is C22H24N2O2. The van der Waals surface area contributed by atoms with Crippen molar-refractivity contribution in [1.82, 2.24) is 0 Å². The van der Waals surface area contributed by atoms with Crippen LogP contribution in [0.2, 0.25) is 0 Å². The molecule has 0 aromatic heterocycles. The van der Waals surface area contributed by atoms with Crippen molar-refractivity contribution in [3.05, 3.63) is 65.7 Å². The van der Waals surface area contributed by atoms with E-state index in [4.69, 9.17) is 0 Å². The maximum atomic E-state index is 12.8. The van der Waals surface area contributed by atoms with E-state index in [0.29, 0.717) is 11.4 Å². The van der Waals surface area contributed by atoms with Crippen molar-refractivity contribution in [1.29, 1.82) is 0 Å². The normalized spacial score (nSPS) is 17.4. The third-order valence-electron chi connectivity index (χ3n) is 4.63. The number of hydrazone groups is 1. The van der Waals surface area contributed by atoms with Gasteiger partial charge in [-0.1, -0.05) is 63.2 Å². The Hall–Kier alpha value is -2.75. The van der Waals surface area contributed by atoms with Gasteiger partial charge in [0.25, 0.3) is 5.91 Å². The SMILES string of the molecule is CC1=NN(c2ccccc2)C(=O)C1C(=O)Cc1cccc(C(C)(C)C)c1. The monoisotopic (exact) mass is 348 g/mol. The largest absolute Gasteiger partial charge is 0.298 e. The molecule has 1 atom stereocenters. The van der Waals surface area contributed by atoms with Gasteiger partial charge in [-0.15, -0.1) is 0 Å². The van der Waals surface area contributed by atoms with Crippen molar-refractivity contribution in [2.45, 2.75) is 39.5 Å². The molecule has 0 radical (unpaired) electrons. The molecule has 0 spiro atoms. The quantitative estimate of drug-likeness (QED) is 0.780. The van der Waals surface area contributed by atoms with Crippen LogP contribution in [0.1, 0.15) is 38.8 Å². The van der Waals surface area contributed by atoms with Gasteiger partial charge in [0.1, 0.15) is 5.92 Å². The summed E-state index contributed by atoms with van der Waals surface area (Å²) in [7, 11) is 0. The number of rotatable bonds is 4. The molecule has 4 heteroatoms. The van der Waals surface area contributed by atoms with Crippen molar-refractivity contribution >= 4 is 23.1 Å². The Bertz CT molecular complexity index is 863. The average molecular weight is 348 g/mol. The summed E-state index contributed by atoms with van der Waals surface area (Å²) < 4.78 is 0. The van der Waals surface area contributed by atoms with Crippen LogP contribution < -0.4 is 5.01 Å². The highest BCUT2D eigenvalue weighted by atomic mass is 16.2. The van der Waals surface area contributed by atoms with E-state index in [1.54, 1.807) is 6.92 Å². The van der Waals surface area contributed by atoms with Gasteiger partial charge in [-0.2, -0.15) is 10.1 Å². The van der Waals surface area contributed by atoms with E-state index in [9.17, 15) is 9.59 Å². The molecular weight excluding hydrogens is 324 g/mol. The van der Waals surface area contributed by atoms with Crippen LogP contribution in [0.5, 0.6) is 0 Å². The summed E-state index contributed by atoms with van der Waals surface area (Å²) in [5.74, 6) is -1.18. The van der Waals surface area contributed by atoms with Crippen molar-refractivity contribution in [3.8, 4) is 0 Å². The number of benzene rings is 2. The third-order valence-corrected chi connectivity index (χ3v) is 4.63. The molecule has 4 nitrogen and oxygen atoms in total. The fourth-order valence-electron chi connectivity index (χ4n) is 3.14. The van der Waals surface area contributed by atoms with Crippen molar-refractivity contribution in [3.63, 3.8) is 0 Å². The summed E-state index contributed by atoms with van der Waals surface area (Å²) in [4.78, 5) is 25.6. The second kappa shape index (κ2) is 6.87. The first-order chi connectivity index (χ1) is 12.3. The molecule has 3 rings (SSSR count). The van der Waals surface area contributed by atoms with Gasteiger partial charge in [0.05, 0.1) is 11.4 Å². The Labute approximate surface area is 154 Å². The Balaban J connectivity index is 1.79. The smallest absolute Gasteiger partial charge is 0.263 e. The van der Waals surface area contributed by atoms with Crippen molar-refractivity contribution in [2.75, 3.05) is 5.01 Å². The standard InChI is InChI=1S/C22H24N2O2/c1-15-20(21(26)24(23-15)18-11-6-5-7-12-18)19(25)14-16-9-8-10-17(13-16)22(2,3)4/h5-13,20H,14H2,1-4H3. The van der Waals surface area contributed by atoms with Gasteiger partial charge in [-0.25, -0.2) is 0 Å². The molecule has 1 heterocycles. The molecule has 0 bridgehead atoms. The number of amides is 1. The van der Waals surface area contributed by atoms with Gasteiger partial charge in [-0.05, 0) is 35.6 Å². The number of carbonyl (C=O) groups excluding carboxylic acids is 2. The van der Waals surface area contributed by atoms with E-state index in [1.807, 2.05) is 42.5 Å². The average Bonchev–Trinajstić information content (AvgIpc) is 2.89. The maximum Gasteiger partial charge on any atom is 0.263 e. The Morgan fingerprint density at radius 1 is 1.08 bits per heavy atom. The molecule has 0 aliphatic carbocycles. The van der Waals surface area contributed by atoms with Gasteiger partial charge >= 0.3 is 0 Å². The topological polar surface area (TPSA) is 49.7 Å². The van der Waals surface area contributed by atoms with E-state index in [0.717, 1.165) is 5.56 Å². The number of anilines is 1. The second-order valence-electron chi connectivity index (χ2n) is 7.75. The summed E-state index contributed by atoms with van der Waals surface area (Å²) >= 11 is 0. The minimum Gasteiger partial charge on any atom is -0.298 e. The van der Waals surface area contributed by atoms with Crippen LogP contribution in [0, 0.1) is 5.92 Å². The van der Waals surface area contributed by atoms with Crippen LogP contribution in [-0.4, -0.2) is 17.4 Å². The third kappa shape index (κ3) is 3.59. The van der Waals surface area contributed by atoms with Gasteiger partial charge in [0, 0.05) is 6.42 Å². The lowest BCUT2D eigenvalue weighted by atomic mass is 9.85. The number of ketones is 1. The number of Topliss-reactive ketones (excluding diaryl/α,β-unsaturated/α-hetero) is 1. The fraction of sp³-hybridized carbons (Fsp3) is 0.318. The van der Waals surface area contributed by atoms with Gasteiger partial charge in [0.15, 0.2) is 5.78 Å². The van der Waals surface area contributed by atoms with E-state index in [2.05, 4.69) is 38.0 Å². The summed E-state index contributed by atoms with van der Waals surface area (Å²) in [6, 6.07) is 17.2. The maximum absolute atomic E-state index is 12.8. The zero-order chi connectivity index (χ0) is 18.9. The minimum absolute atomic E-state index is 0.0176. The molecule has 0 saturated heterocycles. The first-order valence-corrected chi connectivity index (χ1v) is 8.83. The molecule has 1 aliphatic heterocycles. The van der Waals surface area contributed by atoms with Crippen LogP contribution in [0.3, 0.4) is 0 Å². The highest BCUT2D eigenvalue weighted by molar-refractivity contribution is 6.27. The Kier molecular flexibility index (Phi) is 4.77. The van der Waals surface area contributed by atoms with Crippen LogP contribution in [-0.2, 0) is 21.4 Å². The number of carbonyl (C=O) groups is 2. The molecule has 0 fully saturated rings. The Morgan fingerprint density at radius 3 is 2.42 bits per heavy atom. The Morgan fingerprint density at radius 2 is 1.77 bits per heavy atom. The summed E-state index contributed by atoms with van der Waals surface area (Å²) in [5, 5.41) is 5.66. The van der Waals surface area contributed by atoms with E-state index < -0.39 is 5.92 Å². The molecule has 1 amide bonds. The zero-order valence-corrected chi connectivity index (χ0v) is 15.7. The minimum atomic E-state index is -0.798. The number of para-hydroxylation sites is 1. The number of hydrogen-bond donors (Lipinski definition) is 0. The van der Waals surface area contributed by atoms with Crippen molar-refractivity contribution < 1.29 is 9.59 Å². The lowest BCUT2D eigenvalue weighted by molar-refractivity contribution is -0.128. The van der Waals surface area contributed by atoms with E-state index >= 15 is 0 Å². The van der Waals surface area contributed by atoms with Crippen LogP contribution in [0.25, 0.3) is 0 Å². The second-order valence-corrected chi connectivity index (χ2v) is 7.75. The molecule has 134 valence electrons. The predicted octanol–water partition coefficient (Wildman–Crippen LogP) is 4.13. The highest BCUT2D eigenvalue weighted by Gasteiger charge is 2.39. The zero-order valence-electron chi connectivity index (χ0n) is 15.7. The van der Waals surface area contributed by atoms with E-state index in [1.165, 1.54) is 10.6 Å². The molecule has 2 aromatic carbocycles. The van der Waals surface area contributed by atoms with Crippen LogP contribution in [0.15, 0.2) is 59.7 Å². The van der Waals surface area contributed by atoms with E-state index in [-0.39, 0.29) is 23.5 Å². The van der Waals surface area contributed by atoms with Crippen molar-refractivity contribution in [2.24, 2.45) is 11.0 Å². The lowest BCUT2D eigenvalue weighted by Gasteiger charge is -2.20. The first kappa shape index (κ1) is 18.1. The predicted molar refractivity (Wildman–Crippen MR) is 104 cm³/mol. The number of hydrogen-bond acceptors (Lipinski definition) is 3. The molecule has 0 N–H and O–H groups in total. The molecule has 26 heavy (non-hydrogen) atoms.